The third-order valence-corrected chi connectivity index (χ3v) is 4.68. The highest BCUT2D eigenvalue weighted by molar-refractivity contribution is 5.94. The first-order valence-electron chi connectivity index (χ1n) is 9.38. The summed E-state index contributed by atoms with van der Waals surface area (Å²) in [5.41, 5.74) is 0.641. The van der Waals surface area contributed by atoms with Crippen LogP contribution in [0.25, 0.3) is 0 Å². The highest BCUT2D eigenvalue weighted by atomic mass is 16.5. The number of aliphatic carboxylic acids is 1. The monoisotopic (exact) mass is 362 g/mol. The summed E-state index contributed by atoms with van der Waals surface area (Å²) in [4.78, 5) is 27.6. The number of likely N-dealkylation sites (tertiary alicyclic amines) is 1. The van der Waals surface area contributed by atoms with Gasteiger partial charge in [-0.2, -0.15) is 0 Å². The van der Waals surface area contributed by atoms with E-state index in [-0.39, 0.29) is 18.5 Å². The Morgan fingerprint density at radius 3 is 2.58 bits per heavy atom. The van der Waals surface area contributed by atoms with Crippen molar-refractivity contribution in [2.75, 3.05) is 32.8 Å². The lowest BCUT2D eigenvalue weighted by atomic mass is 10.0. The molecule has 6 heteroatoms. The van der Waals surface area contributed by atoms with Crippen LogP contribution in [0.2, 0.25) is 0 Å². The van der Waals surface area contributed by atoms with Gasteiger partial charge in [0.15, 0.2) is 0 Å². The van der Waals surface area contributed by atoms with Crippen molar-refractivity contribution >= 4 is 11.9 Å². The van der Waals surface area contributed by atoms with E-state index in [9.17, 15) is 9.59 Å². The number of nitrogens with zero attached hydrogens (tertiary/aromatic N) is 2. The molecule has 0 aliphatic carbocycles. The van der Waals surface area contributed by atoms with E-state index in [0.717, 1.165) is 18.6 Å². The minimum absolute atomic E-state index is 0.0136. The number of carboxylic acid groups (broad SMARTS) is 1. The topological polar surface area (TPSA) is 70.1 Å². The van der Waals surface area contributed by atoms with E-state index in [1.165, 1.54) is 0 Å². The zero-order chi connectivity index (χ0) is 19.1. The Morgan fingerprint density at radius 2 is 2.00 bits per heavy atom. The molecule has 1 fully saturated rings. The maximum Gasteiger partial charge on any atom is 0.317 e. The number of ether oxygens (including phenoxy) is 1. The van der Waals surface area contributed by atoms with Gasteiger partial charge in [0.05, 0.1) is 13.2 Å². The average Bonchev–Trinajstić information content (AvgIpc) is 2.64. The van der Waals surface area contributed by atoms with Crippen LogP contribution >= 0.6 is 0 Å². The lowest BCUT2D eigenvalue weighted by Gasteiger charge is -2.37. The number of rotatable bonds is 8. The molecule has 0 bridgehead atoms. The first kappa shape index (κ1) is 20.2. The van der Waals surface area contributed by atoms with Crippen molar-refractivity contribution in [1.29, 1.82) is 0 Å². The maximum absolute atomic E-state index is 12.8. The SMILES string of the molecule is CCN(CC(=O)O)C1CCN(C(=O)c2cccc(OCC(C)C)c2)CC1. The molecule has 1 aliphatic rings. The molecule has 0 aromatic heterocycles. The Labute approximate surface area is 155 Å². The second-order valence-electron chi connectivity index (χ2n) is 7.21. The molecule has 1 aromatic rings. The number of hydrogen-bond donors (Lipinski definition) is 1. The number of carboxylic acids is 1. The molecule has 1 amide bonds. The number of carbonyl (C=O) groups is 2. The van der Waals surface area contributed by atoms with Gasteiger partial charge in [0.25, 0.3) is 5.91 Å². The van der Waals surface area contributed by atoms with Crippen LogP contribution in [0, 0.1) is 5.92 Å². The van der Waals surface area contributed by atoms with Gasteiger partial charge in [-0.1, -0.05) is 26.8 Å². The molecule has 1 aliphatic heterocycles. The Morgan fingerprint density at radius 1 is 1.31 bits per heavy atom. The average molecular weight is 362 g/mol. The highest BCUT2D eigenvalue weighted by Gasteiger charge is 2.27. The van der Waals surface area contributed by atoms with Crippen LogP contribution in [-0.2, 0) is 4.79 Å². The summed E-state index contributed by atoms with van der Waals surface area (Å²) >= 11 is 0. The van der Waals surface area contributed by atoms with Crippen LogP contribution in [0.4, 0.5) is 0 Å². The normalized spacial score (nSPS) is 15.5. The van der Waals surface area contributed by atoms with Gasteiger partial charge in [-0.3, -0.25) is 14.5 Å². The van der Waals surface area contributed by atoms with Gasteiger partial charge >= 0.3 is 5.97 Å². The summed E-state index contributed by atoms with van der Waals surface area (Å²) < 4.78 is 5.71. The zero-order valence-corrected chi connectivity index (χ0v) is 16.0. The number of likely N-dealkylation sites (N-methyl/N-ethyl adjacent to an activating group) is 1. The van der Waals surface area contributed by atoms with Crippen molar-refractivity contribution in [1.82, 2.24) is 9.80 Å². The predicted molar refractivity (Wildman–Crippen MR) is 101 cm³/mol. The Kier molecular flexibility index (Phi) is 7.45. The first-order valence-corrected chi connectivity index (χ1v) is 9.38. The number of amides is 1. The number of piperidine rings is 1. The smallest absolute Gasteiger partial charge is 0.317 e. The quantitative estimate of drug-likeness (QED) is 0.770. The molecule has 1 N–H and O–H groups in total. The molecule has 144 valence electrons. The van der Waals surface area contributed by atoms with Gasteiger partial charge < -0.3 is 14.7 Å². The number of benzene rings is 1. The molecule has 0 unspecified atom stereocenters. The van der Waals surface area contributed by atoms with E-state index < -0.39 is 5.97 Å². The largest absolute Gasteiger partial charge is 0.493 e. The molecule has 26 heavy (non-hydrogen) atoms. The maximum atomic E-state index is 12.8. The molecular weight excluding hydrogens is 332 g/mol. The van der Waals surface area contributed by atoms with E-state index in [4.69, 9.17) is 9.84 Å². The van der Waals surface area contributed by atoms with Crippen LogP contribution in [0.1, 0.15) is 44.0 Å². The number of hydrogen-bond acceptors (Lipinski definition) is 4. The standard InChI is InChI=1S/C20H30N2O4/c1-4-21(13-19(23)24)17-8-10-22(11-9-17)20(25)16-6-5-7-18(12-16)26-14-15(2)3/h5-7,12,15,17H,4,8-11,13-14H2,1-3H3,(H,23,24). The van der Waals surface area contributed by atoms with Gasteiger partial charge in [0.1, 0.15) is 5.75 Å². The summed E-state index contributed by atoms with van der Waals surface area (Å²) in [5.74, 6) is 0.363. The fourth-order valence-electron chi connectivity index (χ4n) is 3.27. The molecule has 1 aromatic carbocycles. The molecule has 0 radical (unpaired) electrons. The predicted octanol–water partition coefficient (Wildman–Crippen LogP) is 2.73. The second kappa shape index (κ2) is 9.57. The molecule has 1 heterocycles. The van der Waals surface area contributed by atoms with Gasteiger partial charge in [-0.25, -0.2) is 0 Å². The van der Waals surface area contributed by atoms with Crippen molar-refractivity contribution in [2.45, 2.75) is 39.7 Å². The Balaban J connectivity index is 1.93. The van der Waals surface area contributed by atoms with Crippen molar-refractivity contribution in [3.8, 4) is 5.75 Å². The zero-order valence-electron chi connectivity index (χ0n) is 16.0. The first-order chi connectivity index (χ1) is 12.4. The lowest BCUT2D eigenvalue weighted by Crippen LogP contribution is -2.48. The molecule has 0 saturated carbocycles. The molecule has 0 spiro atoms. The Hall–Kier alpha value is -2.08. The summed E-state index contributed by atoms with van der Waals surface area (Å²) in [6.45, 7) is 8.84. The minimum atomic E-state index is -0.802. The van der Waals surface area contributed by atoms with Crippen LogP contribution in [0.5, 0.6) is 5.75 Å². The van der Waals surface area contributed by atoms with E-state index in [0.29, 0.717) is 37.7 Å². The summed E-state index contributed by atoms with van der Waals surface area (Å²) in [7, 11) is 0. The van der Waals surface area contributed by atoms with Crippen molar-refractivity contribution in [2.24, 2.45) is 5.92 Å². The third kappa shape index (κ3) is 5.73. The van der Waals surface area contributed by atoms with Crippen molar-refractivity contribution in [3.63, 3.8) is 0 Å². The summed E-state index contributed by atoms with van der Waals surface area (Å²) in [6.07, 6.45) is 1.60. The summed E-state index contributed by atoms with van der Waals surface area (Å²) in [6, 6.07) is 7.57. The van der Waals surface area contributed by atoms with E-state index in [2.05, 4.69) is 13.8 Å². The van der Waals surface area contributed by atoms with Crippen molar-refractivity contribution in [3.05, 3.63) is 29.8 Å². The third-order valence-electron chi connectivity index (χ3n) is 4.68. The minimum Gasteiger partial charge on any atom is -0.493 e. The van der Waals surface area contributed by atoms with Gasteiger partial charge in [-0.15, -0.1) is 0 Å². The van der Waals surface area contributed by atoms with Crippen LogP contribution in [0.15, 0.2) is 24.3 Å². The number of carbonyl (C=O) groups excluding carboxylic acids is 1. The molecule has 6 nitrogen and oxygen atoms in total. The molecule has 1 saturated heterocycles. The van der Waals surface area contributed by atoms with Crippen LogP contribution in [0.3, 0.4) is 0 Å². The van der Waals surface area contributed by atoms with Gasteiger partial charge in [0, 0.05) is 24.7 Å². The molecule has 0 atom stereocenters. The lowest BCUT2D eigenvalue weighted by molar-refractivity contribution is -0.139. The van der Waals surface area contributed by atoms with E-state index >= 15 is 0 Å². The second-order valence-corrected chi connectivity index (χ2v) is 7.21. The fraction of sp³-hybridized carbons (Fsp3) is 0.600. The van der Waals surface area contributed by atoms with E-state index in [1.54, 1.807) is 6.07 Å². The van der Waals surface area contributed by atoms with Crippen molar-refractivity contribution < 1.29 is 19.4 Å². The molecule has 2 rings (SSSR count). The van der Waals surface area contributed by atoms with E-state index in [1.807, 2.05) is 34.9 Å². The van der Waals surface area contributed by atoms with Crippen LogP contribution < -0.4 is 4.74 Å². The van der Waals surface area contributed by atoms with Gasteiger partial charge in [0.2, 0.25) is 0 Å². The highest BCUT2D eigenvalue weighted by Crippen LogP contribution is 2.20. The molecular formula is C20H30N2O4. The van der Waals surface area contributed by atoms with Gasteiger partial charge in [-0.05, 0) is 43.5 Å². The Bertz CT molecular complexity index is 610. The fourth-order valence-corrected chi connectivity index (χ4v) is 3.27. The summed E-state index contributed by atoms with van der Waals surface area (Å²) in [5, 5.41) is 9.02. The van der Waals surface area contributed by atoms with Crippen LogP contribution in [-0.4, -0.2) is 65.6 Å².